The second-order valence-corrected chi connectivity index (χ2v) is 11.2. The molecule has 0 radical (unpaired) electrons. The van der Waals surface area contributed by atoms with Crippen molar-refractivity contribution in [3.05, 3.63) is 46.4 Å². The number of benzene rings is 1. The van der Waals surface area contributed by atoms with Crippen LogP contribution in [0, 0.1) is 0 Å². The lowest BCUT2D eigenvalue weighted by molar-refractivity contribution is -0.150. The van der Waals surface area contributed by atoms with Gasteiger partial charge in [0.1, 0.15) is 17.1 Å². The van der Waals surface area contributed by atoms with Gasteiger partial charge >= 0.3 is 5.97 Å². The number of carbonyl (C=O) groups excluding carboxylic acids is 2. The number of nitrogens with one attached hydrogen (secondary N) is 1. The lowest BCUT2D eigenvalue weighted by Gasteiger charge is -2.49. The van der Waals surface area contributed by atoms with E-state index in [2.05, 4.69) is 35.4 Å². The topological polar surface area (TPSA) is 204 Å². The fourth-order valence-corrected chi connectivity index (χ4v) is 6.50. The number of tetrazole rings is 1. The van der Waals surface area contributed by atoms with Gasteiger partial charge in [-0.15, -0.1) is 16.9 Å². The van der Waals surface area contributed by atoms with Crippen LogP contribution in [0.4, 0.5) is 5.13 Å². The monoisotopic (exact) mass is 608 g/mol. The number of amides is 2. The van der Waals surface area contributed by atoms with Gasteiger partial charge in [0.2, 0.25) is 16.7 Å². The predicted molar refractivity (Wildman–Crippen MR) is 142 cm³/mol. The molecule has 0 aliphatic carbocycles. The molecule has 0 bridgehead atoms. The fourth-order valence-electron chi connectivity index (χ4n) is 3.61. The van der Waals surface area contributed by atoms with Gasteiger partial charge < -0.3 is 21.0 Å². The number of aryl methyl sites for hydroxylation is 1. The summed E-state index contributed by atoms with van der Waals surface area (Å²) in [6.45, 7) is 0. The van der Waals surface area contributed by atoms with Crippen molar-refractivity contribution < 1.29 is 24.3 Å². The Hall–Kier alpha value is -3.74. The van der Waals surface area contributed by atoms with Crippen molar-refractivity contribution in [3.63, 3.8) is 0 Å². The number of hydrogen-bond acceptors (Lipinski definition) is 14. The molecular formula is C20H17ClN10O5S3. The van der Waals surface area contributed by atoms with Gasteiger partial charge in [-0.3, -0.25) is 14.5 Å². The molecule has 1 unspecified atom stereocenters. The summed E-state index contributed by atoms with van der Waals surface area (Å²) < 4.78 is 5.48. The number of carboxylic acids is 1. The molecule has 1 aromatic carbocycles. The molecule has 5 rings (SSSR count). The molecule has 3 aromatic rings. The quantitative estimate of drug-likeness (QED) is 0.132. The summed E-state index contributed by atoms with van der Waals surface area (Å²) in [6.07, 6.45) is 0. The van der Waals surface area contributed by atoms with E-state index in [1.807, 2.05) is 0 Å². The number of halogens is 1. The second kappa shape index (κ2) is 11.2. The van der Waals surface area contributed by atoms with Gasteiger partial charge in [-0.2, -0.15) is 9.36 Å². The first-order valence-corrected chi connectivity index (χ1v) is 14.1. The first kappa shape index (κ1) is 26.9. The van der Waals surface area contributed by atoms with Gasteiger partial charge in [-0.25, -0.2) is 9.48 Å². The van der Waals surface area contributed by atoms with E-state index in [9.17, 15) is 19.5 Å². The van der Waals surface area contributed by atoms with Crippen molar-refractivity contribution in [2.24, 2.45) is 12.2 Å². The van der Waals surface area contributed by atoms with E-state index >= 15 is 0 Å². The summed E-state index contributed by atoms with van der Waals surface area (Å²) in [5.41, 5.74) is 5.78. The molecule has 202 valence electrons. The molecule has 1 fully saturated rings. The predicted octanol–water partition coefficient (Wildman–Crippen LogP) is 0.611. The fraction of sp³-hybridized carbons (Fsp3) is 0.250. The third-order valence-electron chi connectivity index (χ3n) is 5.42. The number of oxime groups is 1. The van der Waals surface area contributed by atoms with Crippen LogP contribution in [0.2, 0.25) is 5.02 Å². The molecule has 2 aliphatic rings. The highest BCUT2D eigenvalue weighted by atomic mass is 35.5. The third-order valence-corrected chi connectivity index (χ3v) is 8.65. The van der Waals surface area contributed by atoms with E-state index in [0.29, 0.717) is 27.3 Å². The van der Waals surface area contributed by atoms with Gasteiger partial charge in [0.15, 0.2) is 10.9 Å². The molecule has 0 spiro atoms. The maximum absolute atomic E-state index is 13.2. The number of hydrogen-bond donors (Lipinski definition) is 3. The first-order chi connectivity index (χ1) is 18.7. The highest BCUT2D eigenvalue weighted by Crippen LogP contribution is 2.41. The SMILES string of the molecule is Cn1nnnc1SCC1=C(C(=O)O)N2C(=O)C(NC(=O)C(=NOc3ccc(Cl)cc3)c3nsc(N)n3)[C@H]2SC1. The zero-order valence-electron chi connectivity index (χ0n) is 19.7. The summed E-state index contributed by atoms with van der Waals surface area (Å²) >= 11 is 9.32. The average Bonchev–Trinajstić information content (AvgIpc) is 3.53. The number of fused-ring (bicyclic) bond motifs is 1. The van der Waals surface area contributed by atoms with Crippen LogP contribution in [-0.4, -0.2) is 86.0 Å². The Kier molecular flexibility index (Phi) is 7.69. The molecule has 2 amide bonds. The van der Waals surface area contributed by atoms with E-state index in [0.717, 1.165) is 11.5 Å². The molecular weight excluding hydrogens is 592 g/mol. The van der Waals surface area contributed by atoms with Gasteiger partial charge in [-0.05, 0) is 40.3 Å². The summed E-state index contributed by atoms with van der Waals surface area (Å²) in [6, 6.07) is 5.25. The number of β-lactam (4-membered cyclic amide) rings is 1. The van der Waals surface area contributed by atoms with Crippen LogP contribution in [0.15, 0.2) is 45.8 Å². The lowest BCUT2D eigenvalue weighted by Crippen LogP contribution is -2.71. The van der Waals surface area contributed by atoms with Crippen LogP contribution >= 0.6 is 46.7 Å². The van der Waals surface area contributed by atoms with Crippen molar-refractivity contribution in [1.29, 1.82) is 0 Å². The van der Waals surface area contributed by atoms with E-state index in [4.69, 9.17) is 22.2 Å². The van der Waals surface area contributed by atoms with E-state index < -0.39 is 29.2 Å². The van der Waals surface area contributed by atoms with E-state index in [1.54, 1.807) is 31.3 Å². The summed E-state index contributed by atoms with van der Waals surface area (Å²) in [5.74, 6) is -1.82. The molecule has 19 heteroatoms. The molecule has 4 heterocycles. The van der Waals surface area contributed by atoms with E-state index in [-0.39, 0.29) is 28.1 Å². The Balaban J connectivity index is 1.32. The lowest BCUT2D eigenvalue weighted by atomic mass is 10.0. The first-order valence-electron chi connectivity index (χ1n) is 10.9. The number of nitrogens with two attached hydrogens (primary N) is 1. The normalized spacial score (nSPS) is 19.0. The number of aliphatic carboxylic acids is 1. The summed E-state index contributed by atoms with van der Waals surface area (Å²) in [4.78, 5) is 48.9. The minimum Gasteiger partial charge on any atom is -0.477 e. The van der Waals surface area contributed by atoms with E-state index in [1.165, 1.54) is 33.1 Å². The maximum atomic E-state index is 13.2. The van der Waals surface area contributed by atoms with Crippen LogP contribution in [0.25, 0.3) is 0 Å². The number of rotatable bonds is 9. The highest BCUT2D eigenvalue weighted by Gasteiger charge is 2.54. The Morgan fingerprint density at radius 3 is 2.77 bits per heavy atom. The zero-order chi connectivity index (χ0) is 27.7. The molecule has 2 aliphatic heterocycles. The van der Waals surface area contributed by atoms with Crippen LogP contribution < -0.4 is 15.9 Å². The zero-order valence-corrected chi connectivity index (χ0v) is 22.9. The number of thioether (sulfide) groups is 2. The van der Waals surface area contributed by atoms with Crippen LogP contribution in [-0.2, 0) is 21.4 Å². The largest absolute Gasteiger partial charge is 0.477 e. The molecule has 2 atom stereocenters. The number of carboxylic acid groups (broad SMARTS) is 1. The maximum Gasteiger partial charge on any atom is 0.352 e. The highest BCUT2D eigenvalue weighted by molar-refractivity contribution is 8.01. The number of aromatic nitrogens is 6. The molecule has 1 saturated heterocycles. The van der Waals surface area contributed by atoms with Crippen molar-refractivity contribution in [1.82, 2.24) is 39.8 Å². The van der Waals surface area contributed by atoms with Crippen LogP contribution in [0.5, 0.6) is 5.75 Å². The second-order valence-electron chi connectivity index (χ2n) is 7.93. The smallest absolute Gasteiger partial charge is 0.352 e. The van der Waals surface area contributed by atoms with Gasteiger partial charge in [-0.1, -0.05) is 28.5 Å². The Bertz CT molecular complexity index is 1510. The number of nitrogens with zero attached hydrogens (tertiary/aromatic N) is 8. The molecule has 15 nitrogen and oxygen atoms in total. The van der Waals surface area contributed by atoms with Crippen molar-refractivity contribution in [2.45, 2.75) is 16.6 Å². The van der Waals surface area contributed by atoms with Crippen molar-refractivity contribution in [3.8, 4) is 5.75 Å². The standard InChI is InChI=1S/C20H17ClN10O5S3/c1-30-20(25-28-29-30)38-7-8-6-37-17-12(16(33)31(17)13(8)18(34)35)23-15(32)11(14-24-19(22)39-27-14)26-36-10-4-2-9(21)3-5-10/h2-5,12,17H,6-7H2,1H3,(H,23,32)(H,34,35)(H2,22,24,27)/t12?,17-/m1/s1. The molecule has 39 heavy (non-hydrogen) atoms. The number of carbonyl (C=O) groups is 3. The summed E-state index contributed by atoms with van der Waals surface area (Å²) in [7, 11) is 1.67. The van der Waals surface area contributed by atoms with Gasteiger partial charge in [0, 0.05) is 35.1 Å². The van der Waals surface area contributed by atoms with Crippen molar-refractivity contribution >= 4 is 75.3 Å². The molecule has 2 aromatic heterocycles. The molecule has 4 N–H and O–H groups in total. The minimum absolute atomic E-state index is 0.0902. The molecule has 0 saturated carbocycles. The number of nitrogen functional groups attached to an aromatic ring is 1. The number of anilines is 1. The van der Waals surface area contributed by atoms with Crippen molar-refractivity contribution in [2.75, 3.05) is 17.2 Å². The van der Waals surface area contributed by atoms with Gasteiger partial charge in [0.25, 0.3) is 11.8 Å². The Morgan fingerprint density at radius 2 is 2.13 bits per heavy atom. The Labute approximate surface area is 237 Å². The Morgan fingerprint density at radius 1 is 1.36 bits per heavy atom. The van der Waals surface area contributed by atoms with Crippen LogP contribution in [0.1, 0.15) is 5.82 Å². The van der Waals surface area contributed by atoms with Crippen LogP contribution in [0.3, 0.4) is 0 Å². The third kappa shape index (κ3) is 5.54. The summed E-state index contributed by atoms with van der Waals surface area (Å²) in [5, 5.41) is 28.0. The minimum atomic E-state index is -1.24. The van der Waals surface area contributed by atoms with Gasteiger partial charge in [0.05, 0.1) is 0 Å². The average molecular weight is 609 g/mol.